The molecule has 82 valence electrons. The fraction of sp³-hybridized carbons (Fsp3) is 0.200. The molecule has 0 saturated heterocycles. The Labute approximate surface area is 92.3 Å². The molecule has 0 saturated carbocycles. The number of nitrogens with zero attached hydrogens (tertiary/aromatic N) is 2. The highest BCUT2D eigenvalue weighted by Crippen LogP contribution is 1.91. The van der Waals surface area contributed by atoms with Crippen LogP contribution in [0.1, 0.15) is 5.69 Å². The first kappa shape index (κ1) is 11.7. The molecule has 16 heavy (non-hydrogen) atoms. The molecule has 2 amide bonds. The fourth-order valence-electron chi connectivity index (χ4n) is 0.954. The van der Waals surface area contributed by atoms with Crippen molar-refractivity contribution in [3.05, 3.63) is 30.1 Å². The standard InChI is InChI=1S/C10H10N4O2/c11-4-6-13-9(15)10(16)14-7-8-3-1-2-5-12-8/h1-3,5H,6-7H2,(H,13,15)(H,14,16). The lowest BCUT2D eigenvalue weighted by molar-refractivity contribution is -0.139. The van der Waals surface area contributed by atoms with Crippen LogP contribution in [0.25, 0.3) is 0 Å². The Morgan fingerprint density at radius 2 is 2.06 bits per heavy atom. The van der Waals surface area contributed by atoms with Crippen molar-refractivity contribution in [2.24, 2.45) is 0 Å². The van der Waals surface area contributed by atoms with Crippen molar-refractivity contribution in [2.75, 3.05) is 6.54 Å². The first-order valence-electron chi connectivity index (χ1n) is 4.57. The highest BCUT2D eigenvalue weighted by molar-refractivity contribution is 6.35. The minimum absolute atomic E-state index is 0.180. The third-order valence-electron chi connectivity index (χ3n) is 1.69. The predicted molar refractivity (Wildman–Crippen MR) is 54.7 cm³/mol. The molecule has 0 spiro atoms. The average Bonchev–Trinajstić information content (AvgIpc) is 2.34. The number of rotatable bonds is 3. The molecule has 0 unspecified atom stereocenters. The third kappa shape index (κ3) is 3.75. The zero-order valence-electron chi connectivity index (χ0n) is 8.43. The second kappa shape index (κ2) is 6.14. The molecule has 0 bridgehead atoms. The largest absolute Gasteiger partial charge is 0.342 e. The van der Waals surface area contributed by atoms with Gasteiger partial charge in [-0.3, -0.25) is 14.6 Å². The van der Waals surface area contributed by atoms with Gasteiger partial charge in [-0.25, -0.2) is 0 Å². The second-order valence-corrected chi connectivity index (χ2v) is 2.84. The normalized spacial score (nSPS) is 8.94. The molecular weight excluding hydrogens is 208 g/mol. The average molecular weight is 218 g/mol. The molecule has 6 heteroatoms. The van der Waals surface area contributed by atoms with Gasteiger partial charge in [0.25, 0.3) is 0 Å². The minimum atomic E-state index is -0.822. The Hall–Kier alpha value is -2.42. The Kier molecular flexibility index (Phi) is 4.47. The maximum Gasteiger partial charge on any atom is 0.310 e. The molecule has 0 aliphatic carbocycles. The van der Waals surface area contributed by atoms with E-state index in [1.165, 1.54) is 0 Å². The van der Waals surface area contributed by atoms with Gasteiger partial charge in [0.2, 0.25) is 0 Å². The van der Waals surface area contributed by atoms with Gasteiger partial charge in [0, 0.05) is 6.20 Å². The van der Waals surface area contributed by atoms with Crippen molar-refractivity contribution in [1.29, 1.82) is 5.26 Å². The minimum Gasteiger partial charge on any atom is -0.342 e. The Balaban J connectivity index is 2.36. The van der Waals surface area contributed by atoms with Crippen LogP contribution >= 0.6 is 0 Å². The molecule has 2 N–H and O–H groups in total. The van der Waals surface area contributed by atoms with Crippen molar-refractivity contribution >= 4 is 11.8 Å². The second-order valence-electron chi connectivity index (χ2n) is 2.84. The van der Waals surface area contributed by atoms with Gasteiger partial charge in [0.1, 0.15) is 6.54 Å². The van der Waals surface area contributed by atoms with Gasteiger partial charge in [0.15, 0.2) is 0 Å². The lowest BCUT2D eigenvalue weighted by atomic mass is 10.3. The lowest BCUT2D eigenvalue weighted by Crippen LogP contribution is -2.39. The molecule has 1 aromatic rings. The first-order valence-corrected chi connectivity index (χ1v) is 4.57. The third-order valence-corrected chi connectivity index (χ3v) is 1.69. The zero-order valence-corrected chi connectivity index (χ0v) is 8.43. The summed E-state index contributed by atoms with van der Waals surface area (Å²) in [6.45, 7) is -0.00448. The van der Waals surface area contributed by atoms with Crippen LogP contribution in [-0.4, -0.2) is 23.3 Å². The van der Waals surface area contributed by atoms with E-state index in [0.29, 0.717) is 5.69 Å². The summed E-state index contributed by atoms with van der Waals surface area (Å²) in [5, 5.41) is 12.7. The maximum absolute atomic E-state index is 11.2. The summed E-state index contributed by atoms with van der Waals surface area (Å²) in [5.74, 6) is -1.60. The quantitative estimate of drug-likeness (QED) is 0.520. The summed E-state index contributed by atoms with van der Waals surface area (Å²) in [4.78, 5) is 26.2. The van der Waals surface area contributed by atoms with E-state index in [-0.39, 0.29) is 13.1 Å². The van der Waals surface area contributed by atoms with E-state index in [4.69, 9.17) is 5.26 Å². The van der Waals surface area contributed by atoms with E-state index in [1.54, 1.807) is 30.5 Å². The topological polar surface area (TPSA) is 94.9 Å². The number of carbonyl (C=O) groups excluding carboxylic acids is 2. The van der Waals surface area contributed by atoms with Crippen LogP contribution in [0, 0.1) is 11.3 Å². The number of nitrogens with one attached hydrogen (secondary N) is 2. The molecule has 1 aromatic heterocycles. The molecule has 0 aliphatic rings. The van der Waals surface area contributed by atoms with Gasteiger partial charge in [-0.2, -0.15) is 5.26 Å². The van der Waals surface area contributed by atoms with E-state index in [1.807, 2.05) is 0 Å². The SMILES string of the molecule is N#CCNC(=O)C(=O)NCc1ccccn1. The molecule has 0 aliphatic heterocycles. The number of carbonyl (C=O) groups is 2. The van der Waals surface area contributed by atoms with Crippen LogP contribution in [-0.2, 0) is 16.1 Å². The summed E-state index contributed by atoms with van der Waals surface area (Å²) in [6.07, 6.45) is 1.59. The number of pyridine rings is 1. The maximum atomic E-state index is 11.2. The van der Waals surface area contributed by atoms with Crippen LogP contribution in [0.3, 0.4) is 0 Å². The van der Waals surface area contributed by atoms with E-state index in [2.05, 4.69) is 15.6 Å². The summed E-state index contributed by atoms with van der Waals surface area (Å²) >= 11 is 0. The molecule has 0 atom stereocenters. The Morgan fingerprint density at radius 1 is 1.31 bits per heavy atom. The summed E-state index contributed by atoms with van der Waals surface area (Å²) in [5.41, 5.74) is 0.656. The van der Waals surface area contributed by atoms with E-state index in [9.17, 15) is 9.59 Å². The van der Waals surface area contributed by atoms with Gasteiger partial charge in [-0.05, 0) is 12.1 Å². The number of amides is 2. The summed E-state index contributed by atoms with van der Waals surface area (Å²) < 4.78 is 0. The van der Waals surface area contributed by atoms with Gasteiger partial charge in [-0.1, -0.05) is 6.07 Å². The smallest absolute Gasteiger partial charge is 0.310 e. The highest BCUT2D eigenvalue weighted by Gasteiger charge is 2.11. The molecular formula is C10H10N4O2. The molecule has 1 heterocycles. The number of aromatic nitrogens is 1. The van der Waals surface area contributed by atoms with E-state index >= 15 is 0 Å². The van der Waals surface area contributed by atoms with Crippen molar-refractivity contribution in [3.63, 3.8) is 0 Å². The number of nitriles is 1. The van der Waals surface area contributed by atoms with Crippen LogP contribution in [0.5, 0.6) is 0 Å². The summed E-state index contributed by atoms with van der Waals surface area (Å²) in [6, 6.07) is 6.97. The predicted octanol–water partition coefficient (Wildman–Crippen LogP) is -0.662. The van der Waals surface area contributed by atoms with Gasteiger partial charge >= 0.3 is 11.8 Å². The number of hydrogen-bond acceptors (Lipinski definition) is 4. The van der Waals surface area contributed by atoms with Gasteiger partial charge in [-0.15, -0.1) is 0 Å². The molecule has 0 radical (unpaired) electrons. The monoisotopic (exact) mass is 218 g/mol. The van der Waals surface area contributed by atoms with Crippen LogP contribution in [0.2, 0.25) is 0 Å². The molecule has 0 aromatic carbocycles. The fourth-order valence-corrected chi connectivity index (χ4v) is 0.954. The first-order chi connectivity index (χ1) is 7.74. The van der Waals surface area contributed by atoms with Crippen molar-refractivity contribution in [1.82, 2.24) is 15.6 Å². The number of hydrogen-bond donors (Lipinski definition) is 2. The molecule has 0 fully saturated rings. The van der Waals surface area contributed by atoms with Gasteiger partial charge < -0.3 is 10.6 Å². The molecule has 1 rings (SSSR count). The van der Waals surface area contributed by atoms with Gasteiger partial charge in [0.05, 0.1) is 18.3 Å². The van der Waals surface area contributed by atoms with Crippen molar-refractivity contribution in [3.8, 4) is 6.07 Å². The van der Waals surface area contributed by atoms with E-state index < -0.39 is 11.8 Å². The summed E-state index contributed by atoms with van der Waals surface area (Å²) in [7, 11) is 0. The lowest BCUT2D eigenvalue weighted by Gasteiger charge is -2.03. The van der Waals surface area contributed by atoms with Crippen molar-refractivity contribution in [2.45, 2.75) is 6.54 Å². The zero-order chi connectivity index (χ0) is 11.8. The van der Waals surface area contributed by atoms with Crippen LogP contribution < -0.4 is 10.6 Å². The molecule has 6 nitrogen and oxygen atoms in total. The van der Waals surface area contributed by atoms with Crippen molar-refractivity contribution < 1.29 is 9.59 Å². The highest BCUT2D eigenvalue weighted by atomic mass is 16.2. The van der Waals surface area contributed by atoms with Crippen LogP contribution in [0.4, 0.5) is 0 Å². The van der Waals surface area contributed by atoms with Crippen LogP contribution in [0.15, 0.2) is 24.4 Å². The Morgan fingerprint density at radius 3 is 2.69 bits per heavy atom. The van der Waals surface area contributed by atoms with E-state index in [0.717, 1.165) is 0 Å². The Bertz CT molecular complexity index is 411.